The van der Waals surface area contributed by atoms with Crippen molar-refractivity contribution >= 4 is 11.7 Å². The average molecular weight is 275 g/mol. The third-order valence-electron chi connectivity index (χ3n) is 3.05. The number of carbonyl (C=O) groups is 1. The van der Waals surface area contributed by atoms with Gasteiger partial charge < -0.3 is 14.7 Å². The van der Waals surface area contributed by atoms with Crippen LogP contribution in [0.5, 0.6) is 5.75 Å². The molecule has 0 atom stereocenters. The molecule has 108 valence electrons. The molecule has 0 radical (unpaired) electrons. The summed E-state index contributed by atoms with van der Waals surface area (Å²) in [6, 6.07) is 7.18. The number of amides is 1. The molecule has 1 aromatic carbocycles. The Balaban J connectivity index is 2.11. The number of phenolic OH excluding ortho intramolecular Hbond substituents is 1. The first-order valence-electron chi connectivity index (χ1n) is 6.82. The van der Waals surface area contributed by atoms with Gasteiger partial charge >= 0.3 is 6.09 Å². The minimum atomic E-state index is -0.493. The van der Waals surface area contributed by atoms with Gasteiger partial charge in [0.25, 0.3) is 0 Å². The van der Waals surface area contributed by atoms with Crippen molar-refractivity contribution in [2.45, 2.75) is 32.8 Å². The molecule has 4 nitrogen and oxygen atoms in total. The zero-order chi connectivity index (χ0) is 14.8. The quantitative estimate of drug-likeness (QED) is 0.854. The highest BCUT2D eigenvalue weighted by Crippen LogP contribution is 2.28. The summed E-state index contributed by atoms with van der Waals surface area (Å²) >= 11 is 0. The summed E-state index contributed by atoms with van der Waals surface area (Å²) < 4.78 is 5.39. The van der Waals surface area contributed by atoms with Crippen LogP contribution in [0.15, 0.2) is 30.3 Å². The topological polar surface area (TPSA) is 49.8 Å². The van der Waals surface area contributed by atoms with Crippen LogP contribution in [0.25, 0.3) is 5.57 Å². The van der Waals surface area contributed by atoms with Crippen molar-refractivity contribution in [2.24, 2.45) is 0 Å². The Morgan fingerprint density at radius 1 is 1.30 bits per heavy atom. The molecular formula is C16H21NO3. The number of phenols is 1. The lowest BCUT2D eigenvalue weighted by molar-refractivity contribution is 0.0273. The van der Waals surface area contributed by atoms with Gasteiger partial charge in [0.1, 0.15) is 11.4 Å². The van der Waals surface area contributed by atoms with Crippen molar-refractivity contribution in [2.75, 3.05) is 13.1 Å². The molecule has 0 unspecified atom stereocenters. The zero-order valence-electron chi connectivity index (χ0n) is 12.2. The summed E-state index contributed by atoms with van der Waals surface area (Å²) in [7, 11) is 0. The number of benzene rings is 1. The molecule has 1 amide bonds. The van der Waals surface area contributed by atoms with Crippen molar-refractivity contribution in [3.05, 3.63) is 35.9 Å². The number of nitrogens with zero attached hydrogens (tertiary/aromatic N) is 1. The Kier molecular flexibility index (Phi) is 4.02. The summed E-state index contributed by atoms with van der Waals surface area (Å²) in [5.41, 5.74) is 1.24. The third-order valence-corrected chi connectivity index (χ3v) is 3.05. The fraction of sp³-hybridized carbons (Fsp3) is 0.438. The van der Waals surface area contributed by atoms with Gasteiger partial charge in [-0.3, -0.25) is 0 Å². The standard InChI is InChI=1S/C16H21NO3/c1-16(2,3)20-15(19)17-10-6-7-12(11-17)13-8-4-5-9-14(13)18/h4-5,7-9,18H,6,10-11H2,1-3H3. The van der Waals surface area contributed by atoms with Crippen LogP contribution in [-0.4, -0.2) is 34.8 Å². The number of para-hydroxylation sites is 1. The number of ether oxygens (including phenoxy) is 1. The molecule has 1 heterocycles. The molecule has 2 rings (SSSR count). The molecule has 1 aliphatic heterocycles. The maximum atomic E-state index is 12.1. The minimum absolute atomic E-state index is 0.241. The van der Waals surface area contributed by atoms with E-state index in [-0.39, 0.29) is 11.8 Å². The molecule has 0 aromatic heterocycles. The summed E-state index contributed by atoms with van der Waals surface area (Å²) in [5, 5.41) is 9.90. The van der Waals surface area contributed by atoms with Gasteiger partial charge in [0.05, 0.1) is 0 Å². The van der Waals surface area contributed by atoms with Gasteiger partial charge in [-0.15, -0.1) is 0 Å². The highest BCUT2D eigenvalue weighted by molar-refractivity contribution is 5.77. The Morgan fingerprint density at radius 2 is 2.00 bits per heavy atom. The van der Waals surface area contributed by atoms with Crippen LogP contribution < -0.4 is 0 Å². The van der Waals surface area contributed by atoms with Gasteiger partial charge in [0, 0.05) is 18.7 Å². The second kappa shape index (κ2) is 5.57. The fourth-order valence-corrected chi connectivity index (χ4v) is 2.17. The minimum Gasteiger partial charge on any atom is -0.507 e. The van der Waals surface area contributed by atoms with E-state index in [2.05, 4.69) is 6.08 Å². The van der Waals surface area contributed by atoms with Crippen LogP contribution in [0.1, 0.15) is 32.8 Å². The average Bonchev–Trinajstić information content (AvgIpc) is 2.37. The monoisotopic (exact) mass is 275 g/mol. The van der Waals surface area contributed by atoms with Crippen LogP contribution >= 0.6 is 0 Å². The van der Waals surface area contributed by atoms with Gasteiger partial charge in [-0.25, -0.2) is 4.79 Å². The maximum Gasteiger partial charge on any atom is 0.410 e. The molecule has 0 aliphatic carbocycles. The molecule has 0 spiro atoms. The van der Waals surface area contributed by atoms with Gasteiger partial charge in [-0.05, 0) is 38.8 Å². The van der Waals surface area contributed by atoms with Gasteiger partial charge in [0.15, 0.2) is 0 Å². The SMILES string of the molecule is CC(C)(C)OC(=O)N1CCC=C(c2ccccc2O)C1. The van der Waals surface area contributed by atoms with Crippen molar-refractivity contribution < 1.29 is 14.6 Å². The molecule has 0 bridgehead atoms. The first kappa shape index (κ1) is 14.4. The van der Waals surface area contributed by atoms with E-state index in [1.54, 1.807) is 17.0 Å². The Morgan fingerprint density at radius 3 is 2.65 bits per heavy atom. The molecule has 4 heteroatoms. The summed E-state index contributed by atoms with van der Waals surface area (Å²) in [6.07, 6.45) is 2.53. The predicted molar refractivity (Wildman–Crippen MR) is 78.5 cm³/mol. The van der Waals surface area contributed by atoms with Crippen molar-refractivity contribution in [1.82, 2.24) is 4.90 Å². The Hall–Kier alpha value is -1.97. The Bertz CT molecular complexity index is 529. The van der Waals surface area contributed by atoms with E-state index >= 15 is 0 Å². The number of rotatable bonds is 1. The van der Waals surface area contributed by atoms with Crippen LogP contribution in [0.4, 0.5) is 4.79 Å². The predicted octanol–water partition coefficient (Wildman–Crippen LogP) is 3.42. The molecule has 1 N–H and O–H groups in total. The van der Waals surface area contributed by atoms with Crippen LogP contribution in [0, 0.1) is 0 Å². The third kappa shape index (κ3) is 3.53. The fourth-order valence-electron chi connectivity index (χ4n) is 2.17. The van der Waals surface area contributed by atoms with Crippen molar-refractivity contribution in [3.63, 3.8) is 0 Å². The van der Waals surface area contributed by atoms with E-state index in [1.807, 2.05) is 32.9 Å². The molecule has 20 heavy (non-hydrogen) atoms. The van der Waals surface area contributed by atoms with E-state index in [1.165, 1.54) is 0 Å². The number of hydrogen-bond donors (Lipinski definition) is 1. The lowest BCUT2D eigenvalue weighted by Crippen LogP contribution is -2.39. The van der Waals surface area contributed by atoms with Crippen LogP contribution in [-0.2, 0) is 4.74 Å². The molecule has 0 saturated carbocycles. The van der Waals surface area contributed by atoms with Gasteiger partial charge in [0.2, 0.25) is 0 Å². The largest absolute Gasteiger partial charge is 0.507 e. The number of hydrogen-bond acceptors (Lipinski definition) is 3. The second-order valence-electron chi connectivity index (χ2n) is 5.94. The van der Waals surface area contributed by atoms with E-state index in [9.17, 15) is 9.90 Å². The second-order valence-corrected chi connectivity index (χ2v) is 5.94. The lowest BCUT2D eigenvalue weighted by atomic mass is 10.0. The molecule has 1 aliphatic rings. The zero-order valence-corrected chi connectivity index (χ0v) is 12.2. The summed E-state index contributed by atoms with van der Waals surface area (Å²) in [5.74, 6) is 0.241. The van der Waals surface area contributed by atoms with Crippen molar-refractivity contribution in [3.8, 4) is 5.75 Å². The maximum absolute atomic E-state index is 12.1. The van der Waals surface area contributed by atoms with E-state index in [0.717, 1.165) is 17.6 Å². The molecular weight excluding hydrogens is 254 g/mol. The smallest absolute Gasteiger partial charge is 0.410 e. The molecule has 0 fully saturated rings. The Labute approximate surface area is 119 Å². The lowest BCUT2D eigenvalue weighted by Gasteiger charge is -2.30. The molecule has 0 saturated heterocycles. The van der Waals surface area contributed by atoms with E-state index in [0.29, 0.717) is 13.1 Å². The summed E-state index contributed by atoms with van der Waals surface area (Å²) in [6.45, 7) is 6.68. The molecule has 1 aromatic rings. The van der Waals surface area contributed by atoms with E-state index in [4.69, 9.17) is 4.74 Å². The van der Waals surface area contributed by atoms with Crippen molar-refractivity contribution in [1.29, 1.82) is 0 Å². The highest BCUT2D eigenvalue weighted by atomic mass is 16.6. The normalized spacial score (nSPS) is 15.8. The number of carbonyl (C=O) groups excluding carboxylic acids is 1. The summed E-state index contributed by atoms with van der Waals surface area (Å²) in [4.78, 5) is 13.8. The number of aromatic hydroxyl groups is 1. The highest BCUT2D eigenvalue weighted by Gasteiger charge is 2.25. The van der Waals surface area contributed by atoms with E-state index < -0.39 is 5.60 Å². The van der Waals surface area contributed by atoms with Crippen LogP contribution in [0.3, 0.4) is 0 Å². The first-order chi connectivity index (χ1) is 9.37. The first-order valence-corrected chi connectivity index (χ1v) is 6.82. The van der Waals surface area contributed by atoms with Crippen LogP contribution in [0.2, 0.25) is 0 Å². The van der Waals surface area contributed by atoms with Gasteiger partial charge in [-0.1, -0.05) is 24.3 Å². The van der Waals surface area contributed by atoms with Gasteiger partial charge in [-0.2, -0.15) is 0 Å².